The number of ether oxygens (including phenoxy) is 2. The van der Waals surface area contributed by atoms with Crippen molar-refractivity contribution in [2.75, 3.05) is 20.3 Å². The van der Waals surface area contributed by atoms with E-state index in [1.165, 1.54) is 0 Å². The number of rotatable bonds is 5. The molecule has 1 aliphatic rings. The van der Waals surface area contributed by atoms with Crippen molar-refractivity contribution in [3.8, 4) is 5.75 Å². The van der Waals surface area contributed by atoms with Crippen LogP contribution in [-0.2, 0) is 10.5 Å². The number of thioether (sulfide) groups is 1. The van der Waals surface area contributed by atoms with Gasteiger partial charge in [0, 0.05) is 24.2 Å². The summed E-state index contributed by atoms with van der Waals surface area (Å²) in [7, 11) is 1.57. The lowest BCUT2D eigenvalue weighted by atomic mass is 10.1. The van der Waals surface area contributed by atoms with Crippen LogP contribution in [0, 0.1) is 0 Å². The molecule has 0 atom stereocenters. The van der Waals surface area contributed by atoms with Crippen LogP contribution in [-0.4, -0.2) is 36.6 Å². The van der Waals surface area contributed by atoms with E-state index < -0.39 is 0 Å². The highest BCUT2D eigenvalue weighted by Gasteiger charge is 2.15. The largest absolute Gasteiger partial charge is 0.496 e. The molecule has 5 nitrogen and oxygen atoms in total. The molecule has 0 spiro atoms. The molecule has 0 amide bonds. The van der Waals surface area contributed by atoms with Crippen molar-refractivity contribution >= 4 is 17.6 Å². The molecule has 2 rings (SSSR count). The summed E-state index contributed by atoms with van der Waals surface area (Å²) in [6, 6.07) is 5.78. The van der Waals surface area contributed by atoms with Crippen LogP contribution in [0.2, 0.25) is 0 Å². The molecule has 6 heteroatoms. The third-order valence-electron chi connectivity index (χ3n) is 3.30. The molecule has 0 saturated carbocycles. The lowest BCUT2D eigenvalue weighted by Crippen LogP contribution is -2.17. The molecule has 1 saturated heterocycles. The third kappa shape index (κ3) is 3.80. The molecular weight excluding hydrogens is 276 g/mol. The highest BCUT2D eigenvalue weighted by Crippen LogP contribution is 2.27. The molecule has 20 heavy (non-hydrogen) atoms. The van der Waals surface area contributed by atoms with Crippen molar-refractivity contribution in [2.24, 2.45) is 10.9 Å². The van der Waals surface area contributed by atoms with Crippen LogP contribution in [0.25, 0.3) is 0 Å². The third-order valence-corrected chi connectivity index (χ3v) is 4.74. The lowest BCUT2D eigenvalue weighted by Gasteiger charge is -2.21. The van der Waals surface area contributed by atoms with Gasteiger partial charge < -0.3 is 20.4 Å². The van der Waals surface area contributed by atoms with Gasteiger partial charge in [0.15, 0.2) is 5.84 Å². The maximum Gasteiger partial charge on any atom is 0.173 e. The minimum Gasteiger partial charge on any atom is -0.496 e. The Morgan fingerprint density at radius 1 is 1.50 bits per heavy atom. The smallest absolute Gasteiger partial charge is 0.173 e. The van der Waals surface area contributed by atoms with Crippen molar-refractivity contribution < 1.29 is 14.7 Å². The predicted octanol–water partition coefficient (Wildman–Crippen LogP) is 2.20. The predicted molar refractivity (Wildman–Crippen MR) is 80.6 cm³/mol. The van der Waals surface area contributed by atoms with Crippen LogP contribution >= 0.6 is 11.8 Å². The Hall–Kier alpha value is -1.40. The Morgan fingerprint density at radius 3 is 2.90 bits per heavy atom. The second kappa shape index (κ2) is 7.40. The molecule has 0 radical (unpaired) electrons. The topological polar surface area (TPSA) is 77.1 Å². The van der Waals surface area contributed by atoms with E-state index in [-0.39, 0.29) is 5.84 Å². The highest BCUT2D eigenvalue weighted by atomic mass is 32.2. The zero-order chi connectivity index (χ0) is 14.4. The Balaban J connectivity index is 2.04. The van der Waals surface area contributed by atoms with Crippen LogP contribution in [0.1, 0.15) is 24.0 Å². The quantitative estimate of drug-likeness (QED) is 0.377. The molecule has 1 heterocycles. The van der Waals surface area contributed by atoms with Crippen molar-refractivity contribution in [1.29, 1.82) is 0 Å². The molecule has 1 aromatic carbocycles. The van der Waals surface area contributed by atoms with E-state index in [0.717, 1.165) is 37.4 Å². The van der Waals surface area contributed by atoms with E-state index in [4.69, 9.17) is 20.4 Å². The second-order valence-electron chi connectivity index (χ2n) is 4.64. The Bertz CT molecular complexity index is 473. The molecule has 3 N–H and O–H groups in total. The fraction of sp³-hybridized carbons (Fsp3) is 0.500. The molecular formula is C14H20N2O3S. The van der Waals surface area contributed by atoms with Crippen LogP contribution in [0.15, 0.2) is 23.4 Å². The first-order valence-electron chi connectivity index (χ1n) is 6.58. The first kappa shape index (κ1) is 15.0. The number of nitrogens with two attached hydrogens (primary N) is 1. The van der Waals surface area contributed by atoms with E-state index in [1.807, 2.05) is 30.0 Å². The Morgan fingerprint density at radius 2 is 2.25 bits per heavy atom. The first-order chi connectivity index (χ1) is 9.74. The highest BCUT2D eigenvalue weighted by molar-refractivity contribution is 7.99. The summed E-state index contributed by atoms with van der Waals surface area (Å²) in [6.07, 6.45) is 2.21. The second-order valence-corrected chi connectivity index (χ2v) is 5.93. The van der Waals surface area contributed by atoms with Gasteiger partial charge in [0.05, 0.1) is 12.7 Å². The van der Waals surface area contributed by atoms with Crippen LogP contribution in [0.5, 0.6) is 5.75 Å². The molecule has 0 bridgehead atoms. The van der Waals surface area contributed by atoms with Gasteiger partial charge >= 0.3 is 0 Å². The van der Waals surface area contributed by atoms with Crippen molar-refractivity contribution in [2.45, 2.75) is 23.8 Å². The summed E-state index contributed by atoms with van der Waals surface area (Å²) in [5, 5.41) is 12.5. The van der Waals surface area contributed by atoms with Crippen LogP contribution in [0.4, 0.5) is 0 Å². The first-order valence-corrected chi connectivity index (χ1v) is 7.63. The SMILES string of the molecule is COc1ccc(CSC2CCOCC2)cc1C(N)=NO. The lowest BCUT2D eigenvalue weighted by molar-refractivity contribution is 0.1000. The Labute approximate surface area is 123 Å². The van der Waals surface area contributed by atoms with Gasteiger partial charge in [-0.2, -0.15) is 11.8 Å². The normalized spacial score (nSPS) is 17.1. The number of oxime groups is 1. The number of nitrogens with zero attached hydrogens (tertiary/aromatic N) is 1. The summed E-state index contributed by atoms with van der Waals surface area (Å²) < 4.78 is 10.6. The zero-order valence-electron chi connectivity index (χ0n) is 11.5. The van der Waals surface area contributed by atoms with Gasteiger partial charge in [-0.15, -0.1) is 0 Å². The standard InChI is InChI=1S/C14H20N2O3S/c1-18-13-3-2-10(8-12(13)14(15)16-17)9-20-11-4-6-19-7-5-11/h2-3,8,11,17H,4-7,9H2,1H3,(H2,15,16). The molecule has 110 valence electrons. The number of hydrogen-bond donors (Lipinski definition) is 2. The monoisotopic (exact) mass is 296 g/mol. The van der Waals surface area contributed by atoms with Gasteiger partial charge in [-0.05, 0) is 30.5 Å². The summed E-state index contributed by atoms with van der Waals surface area (Å²) in [6.45, 7) is 1.71. The maximum atomic E-state index is 8.82. The van der Waals surface area contributed by atoms with Crippen LogP contribution in [0.3, 0.4) is 0 Å². The van der Waals surface area contributed by atoms with Gasteiger partial charge in [0.1, 0.15) is 5.75 Å². The van der Waals surface area contributed by atoms with Crippen molar-refractivity contribution in [3.63, 3.8) is 0 Å². The van der Waals surface area contributed by atoms with E-state index >= 15 is 0 Å². The van der Waals surface area contributed by atoms with E-state index in [0.29, 0.717) is 16.6 Å². The average Bonchev–Trinajstić information content (AvgIpc) is 2.52. The maximum absolute atomic E-state index is 8.82. The summed E-state index contributed by atoms with van der Waals surface area (Å²) in [5.41, 5.74) is 7.44. The fourth-order valence-electron chi connectivity index (χ4n) is 2.16. The average molecular weight is 296 g/mol. The molecule has 0 aliphatic carbocycles. The fourth-order valence-corrected chi connectivity index (χ4v) is 3.29. The Kier molecular flexibility index (Phi) is 5.55. The minimum atomic E-state index is 0.0692. The van der Waals surface area contributed by atoms with E-state index in [9.17, 15) is 0 Å². The summed E-state index contributed by atoms with van der Waals surface area (Å²) in [5.74, 6) is 1.58. The van der Waals surface area contributed by atoms with Crippen molar-refractivity contribution in [3.05, 3.63) is 29.3 Å². The number of methoxy groups -OCH3 is 1. The molecule has 1 aromatic rings. The summed E-state index contributed by atoms with van der Waals surface area (Å²) >= 11 is 1.93. The minimum absolute atomic E-state index is 0.0692. The van der Waals surface area contributed by atoms with Gasteiger partial charge in [-0.25, -0.2) is 0 Å². The van der Waals surface area contributed by atoms with Gasteiger partial charge in [0.25, 0.3) is 0 Å². The van der Waals surface area contributed by atoms with E-state index in [1.54, 1.807) is 7.11 Å². The zero-order valence-corrected chi connectivity index (χ0v) is 12.4. The van der Waals surface area contributed by atoms with E-state index in [2.05, 4.69) is 5.16 Å². The molecule has 1 fully saturated rings. The van der Waals surface area contributed by atoms with Gasteiger partial charge in [0.2, 0.25) is 0 Å². The number of amidine groups is 1. The molecule has 1 aliphatic heterocycles. The van der Waals surface area contributed by atoms with Gasteiger partial charge in [-0.1, -0.05) is 11.2 Å². The van der Waals surface area contributed by atoms with Gasteiger partial charge in [-0.3, -0.25) is 0 Å². The number of hydrogen-bond acceptors (Lipinski definition) is 5. The molecule has 0 aromatic heterocycles. The molecule has 0 unspecified atom stereocenters. The van der Waals surface area contributed by atoms with Crippen molar-refractivity contribution in [1.82, 2.24) is 0 Å². The number of benzene rings is 1. The van der Waals surface area contributed by atoms with Crippen LogP contribution < -0.4 is 10.5 Å². The summed E-state index contributed by atoms with van der Waals surface area (Å²) in [4.78, 5) is 0.